The van der Waals surface area contributed by atoms with Gasteiger partial charge >= 0.3 is 5.97 Å². The van der Waals surface area contributed by atoms with Crippen LogP contribution >= 0.6 is 0 Å². The summed E-state index contributed by atoms with van der Waals surface area (Å²) in [6.45, 7) is 5.38. The Morgan fingerprint density at radius 2 is 2.10 bits per heavy atom. The lowest BCUT2D eigenvalue weighted by Crippen LogP contribution is -2.05. The van der Waals surface area contributed by atoms with Crippen LogP contribution in [-0.2, 0) is 4.79 Å². The molecule has 0 aromatic rings. The average molecular weight is 140 g/mol. The Morgan fingerprint density at radius 1 is 1.60 bits per heavy atom. The van der Waals surface area contributed by atoms with Crippen LogP contribution in [0.5, 0.6) is 0 Å². The molecule has 0 aromatic heterocycles. The lowest BCUT2D eigenvalue weighted by atomic mass is 10.2. The monoisotopic (exact) mass is 140 g/mol. The second-order valence-corrected chi connectivity index (χ2v) is 2.44. The van der Waals surface area contributed by atoms with Gasteiger partial charge in [-0.05, 0) is 32.4 Å². The van der Waals surface area contributed by atoms with E-state index in [-0.39, 0.29) is 0 Å². The van der Waals surface area contributed by atoms with Gasteiger partial charge in [0.15, 0.2) is 0 Å². The molecule has 2 nitrogen and oxygen atoms in total. The zero-order chi connectivity index (χ0) is 8.15. The summed E-state index contributed by atoms with van der Waals surface area (Å²) >= 11 is 0. The van der Waals surface area contributed by atoms with Crippen molar-refractivity contribution < 1.29 is 9.90 Å². The van der Waals surface area contributed by atoms with Crippen molar-refractivity contribution in [2.75, 3.05) is 0 Å². The fourth-order valence-electron chi connectivity index (χ4n) is 0.363. The van der Waals surface area contributed by atoms with Crippen LogP contribution in [0, 0.1) is 5.92 Å². The van der Waals surface area contributed by atoms with Gasteiger partial charge in [-0.2, -0.15) is 0 Å². The Bertz CT molecular complexity index is 181. The molecule has 0 spiro atoms. The van der Waals surface area contributed by atoms with E-state index >= 15 is 0 Å². The summed E-state index contributed by atoms with van der Waals surface area (Å²) in [5, 5.41) is 8.41. The summed E-state index contributed by atoms with van der Waals surface area (Å²) in [7, 11) is 0. The molecule has 0 aliphatic rings. The third-order valence-corrected chi connectivity index (χ3v) is 1.01. The highest BCUT2D eigenvalue weighted by molar-refractivity contribution is 5.71. The second-order valence-electron chi connectivity index (χ2n) is 2.44. The zero-order valence-corrected chi connectivity index (χ0v) is 6.51. The van der Waals surface area contributed by atoms with E-state index in [2.05, 4.69) is 5.73 Å². The SMILES string of the molecule is CC(C)=C=CC(C)C(=O)O. The van der Waals surface area contributed by atoms with Gasteiger partial charge in [0.25, 0.3) is 0 Å². The van der Waals surface area contributed by atoms with Gasteiger partial charge in [0.05, 0.1) is 5.92 Å². The van der Waals surface area contributed by atoms with E-state index in [4.69, 9.17) is 5.11 Å². The molecule has 0 heterocycles. The zero-order valence-electron chi connectivity index (χ0n) is 6.51. The molecule has 1 atom stereocenters. The van der Waals surface area contributed by atoms with Crippen LogP contribution in [-0.4, -0.2) is 11.1 Å². The van der Waals surface area contributed by atoms with Gasteiger partial charge in [-0.1, -0.05) is 0 Å². The average Bonchev–Trinajstić information content (AvgIpc) is 1.82. The highest BCUT2D eigenvalue weighted by Crippen LogP contribution is 1.96. The summed E-state index contributed by atoms with van der Waals surface area (Å²) in [4.78, 5) is 10.2. The summed E-state index contributed by atoms with van der Waals surface area (Å²) in [6, 6.07) is 0. The number of aliphatic carboxylic acids is 1. The maximum Gasteiger partial charge on any atom is 0.310 e. The molecule has 1 unspecified atom stereocenters. The Morgan fingerprint density at radius 3 is 2.40 bits per heavy atom. The van der Waals surface area contributed by atoms with Crippen molar-refractivity contribution in [2.45, 2.75) is 20.8 Å². The van der Waals surface area contributed by atoms with Gasteiger partial charge in [0.1, 0.15) is 0 Å². The maximum absolute atomic E-state index is 10.2. The number of carbonyl (C=O) groups is 1. The number of rotatable bonds is 2. The standard InChI is InChI=1S/C8H12O2/c1-6(2)4-5-7(3)8(9)10/h5,7H,1-3H3,(H,9,10). The van der Waals surface area contributed by atoms with E-state index in [0.717, 1.165) is 5.57 Å². The first kappa shape index (κ1) is 8.99. The lowest BCUT2D eigenvalue weighted by Gasteiger charge is -1.93. The lowest BCUT2D eigenvalue weighted by molar-refractivity contribution is -0.139. The molecule has 0 aromatic carbocycles. The molecule has 2 heteroatoms. The first-order valence-electron chi connectivity index (χ1n) is 3.17. The number of hydrogen-bond donors (Lipinski definition) is 1. The van der Waals surface area contributed by atoms with Crippen molar-refractivity contribution in [3.8, 4) is 0 Å². The van der Waals surface area contributed by atoms with Crippen molar-refractivity contribution in [1.29, 1.82) is 0 Å². The molecular weight excluding hydrogens is 128 g/mol. The van der Waals surface area contributed by atoms with Crippen molar-refractivity contribution in [3.05, 3.63) is 17.4 Å². The Kier molecular flexibility index (Phi) is 3.52. The highest BCUT2D eigenvalue weighted by atomic mass is 16.4. The minimum absolute atomic E-state index is 0.435. The van der Waals surface area contributed by atoms with Gasteiger partial charge in [-0.15, -0.1) is 5.73 Å². The van der Waals surface area contributed by atoms with Crippen molar-refractivity contribution in [2.24, 2.45) is 5.92 Å². The molecule has 0 rings (SSSR count). The largest absolute Gasteiger partial charge is 0.481 e. The number of carboxylic acids is 1. The van der Waals surface area contributed by atoms with Gasteiger partial charge < -0.3 is 5.11 Å². The van der Waals surface area contributed by atoms with Crippen LogP contribution in [0.25, 0.3) is 0 Å². The van der Waals surface area contributed by atoms with E-state index in [1.165, 1.54) is 0 Å². The molecule has 0 fully saturated rings. The highest BCUT2D eigenvalue weighted by Gasteiger charge is 2.04. The molecule has 0 saturated heterocycles. The van der Waals surface area contributed by atoms with Crippen molar-refractivity contribution >= 4 is 5.97 Å². The first-order valence-corrected chi connectivity index (χ1v) is 3.17. The number of carboxylic acid groups (broad SMARTS) is 1. The van der Waals surface area contributed by atoms with Crippen LogP contribution in [0.15, 0.2) is 17.4 Å². The van der Waals surface area contributed by atoms with E-state index in [0.29, 0.717) is 0 Å². The molecule has 0 amide bonds. The van der Waals surface area contributed by atoms with Crippen LogP contribution in [0.3, 0.4) is 0 Å². The van der Waals surface area contributed by atoms with Gasteiger partial charge in [-0.3, -0.25) is 4.79 Å². The maximum atomic E-state index is 10.2. The molecular formula is C8H12O2. The third kappa shape index (κ3) is 3.93. The predicted octanol–water partition coefficient (Wildman–Crippen LogP) is 1.83. The fraction of sp³-hybridized carbons (Fsp3) is 0.500. The van der Waals surface area contributed by atoms with Crippen LogP contribution < -0.4 is 0 Å². The summed E-state index contributed by atoms with van der Waals surface area (Å²) in [5.74, 6) is -1.25. The Labute approximate surface area is 60.9 Å². The molecule has 10 heavy (non-hydrogen) atoms. The van der Waals surface area contributed by atoms with Crippen molar-refractivity contribution in [3.63, 3.8) is 0 Å². The van der Waals surface area contributed by atoms with Gasteiger partial charge in [0, 0.05) is 0 Å². The molecule has 0 radical (unpaired) electrons. The molecule has 0 aliphatic heterocycles. The van der Waals surface area contributed by atoms with E-state index < -0.39 is 11.9 Å². The smallest absolute Gasteiger partial charge is 0.310 e. The molecule has 0 bridgehead atoms. The van der Waals surface area contributed by atoms with Crippen molar-refractivity contribution in [1.82, 2.24) is 0 Å². The van der Waals surface area contributed by atoms with Gasteiger partial charge in [-0.25, -0.2) is 0 Å². The van der Waals surface area contributed by atoms with Crippen LogP contribution in [0.4, 0.5) is 0 Å². The minimum atomic E-state index is -0.811. The summed E-state index contributed by atoms with van der Waals surface area (Å²) < 4.78 is 0. The summed E-state index contributed by atoms with van der Waals surface area (Å²) in [5.41, 5.74) is 3.83. The summed E-state index contributed by atoms with van der Waals surface area (Å²) in [6.07, 6.45) is 1.55. The topological polar surface area (TPSA) is 37.3 Å². The Hall–Kier alpha value is -1.01. The third-order valence-electron chi connectivity index (χ3n) is 1.01. The quantitative estimate of drug-likeness (QED) is 0.594. The molecule has 0 aliphatic carbocycles. The first-order chi connectivity index (χ1) is 4.54. The number of hydrogen-bond acceptors (Lipinski definition) is 1. The second kappa shape index (κ2) is 3.91. The predicted molar refractivity (Wildman–Crippen MR) is 39.7 cm³/mol. The van der Waals surface area contributed by atoms with E-state index in [1.807, 2.05) is 13.8 Å². The van der Waals surface area contributed by atoms with Gasteiger partial charge in [0.2, 0.25) is 0 Å². The van der Waals surface area contributed by atoms with Crippen LogP contribution in [0.1, 0.15) is 20.8 Å². The molecule has 56 valence electrons. The Balaban J connectivity index is 4.16. The van der Waals surface area contributed by atoms with E-state index in [9.17, 15) is 4.79 Å². The fourth-order valence-corrected chi connectivity index (χ4v) is 0.363. The molecule has 1 N–H and O–H groups in total. The molecule has 0 saturated carbocycles. The minimum Gasteiger partial charge on any atom is -0.481 e. The van der Waals surface area contributed by atoms with Crippen LogP contribution in [0.2, 0.25) is 0 Å². The van der Waals surface area contributed by atoms with E-state index in [1.54, 1.807) is 13.0 Å². The normalized spacial score (nSPS) is 11.5.